The number of hydrogen-bond acceptors (Lipinski definition) is 4. The Labute approximate surface area is 181 Å². The molecular weight excluding hydrogens is 390 g/mol. The van der Waals surface area contributed by atoms with Gasteiger partial charge in [0.2, 0.25) is 0 Å². The minimum Gasteiger partial charge on any atom is -0.509 e. The first-order valence-corrected chi connectivity index (χ1v) is 10.4. The van der Waals surface area contributed by atoms with Crippen LogP contribution in [0, 0.1) is 0 Å². The van der Waals surface area contributed by atoms with Crippen LogP contribution in [0.25, 0.3) is 10.8 Å². The van der Waals surface area contributed by atoms with E-state index in [0.717, 1.165) is 27.6 Å². The lowest BCUT2D eigenvalue weighted by molar-refractivity contribution is -0.122. The fourth-order valence-corrected chi connectivity index (χ4v) is 4.00. The fraction of sp³-hybridized carbons (Fsp3) is 0.231. The van der Waals surface area contributed by atoms with Crippen molar-refractivity contribution < 1.29 is 19.4 Å². The number of aliphatic hydroxyl groups excluding tert-OH is 1. The number of nitrogens with one attached hydrogen (secondary N) is 1. The number of methoxy groups -OCH3 is 1. The molecule has 0 fully saturated rings. The Morgan fingerprint density at radius 1 is 1.06 bits per heavy atom. The highest BCUT2D eigenvalue weighted by Crippen LogP contribution is 2.29. The minimum atomic E-state index is -0.553. The van der Waals surface area contributed by atoms with Crippen molar-refractivity contribution in [3.8, 4) is 5.75 Å². The smallest absolute Gasteiger partial charge is 0.259 e. The van der Waals surface area contributed by atoms with E-state index in [-0.39, 0.29) is 17.1 Å². The van der Waals surface area contributed by atoms with E-state index in [1.165, 1.54) is 0 Å². The largest absolute Gasteiger partial charge is 0.509 e. The Morgan fingerprint density at radius 2 is 1.77 bits per heavy atom. The lowest BCUT2D eigenvalue weighted by Crippen LogP contribution is -2.30. The lowest BCUT2D eigenvalue weighted by Gasteiger charge is -2.13. The number of ether oxygens (including phenoxy) is 1. The standard InChI is InChI=1S/C26H25NO4/c1-16(18-9-10-20-15-21(31-2)12-11-19(20)14-18)24(28)23-25(29)22(27-26(23)30)13-8-17-6-4-3-5-7-17/h3-7,9-12,14-16,22,29H,8,13H2,1-2H3,(H,27,30)/t16?,22-/m0/s1. The molecule has 4 rings (SSSR count). The fourth-order valence-electron chi connectivity index (χ4n) is 4.00. The van der Waals surface area contributed by atoms with Gasteiger partial charge in [-0.1, -0.05) is 61.5 Å². The zero-order chi connectivity index (χ0) is 22.0. The highest BCUT2D eigenvalue weighted by atomic mass is 16.5. The van der Waals surface area contributed by atoms with Gasteiger partial charge in [-0.15, -0.1) is 0 Å². The van der Waals surface area contributed by atoms with Gasteiger partial charge in [0, 0.05) is 5.92 Å². The van der Waals surface area contributed by atoms with Crippen LogP contribution < -0.4 is 10.1 Å². The molecule has 0 aliphatic carbocycles. The zero-order valence-corrected chi connectivity index (χ0v) is 17.6. The van der Waals surface area contributed by atoms with E-state index in [0.29, 0.717) is 12.8 Å². The predicted molar refractivity (Wildman–Crippen MR) is 120 cm³/mol. The molecule has 0 aromatic heterocycles. The van der Waals surface area contributed by atoms with Crippen molar-refractivity contribution in [2.75, 3.05) is 7.11 Å². The van der Waals surface area contributed by atoms with Crippen LogP contribution in [0.2, 0.25) is 0 Å². The number of hydrogen-bond donors (Lipinski definition) is 2. The molecular formula is C26H25NO4. The van der Waals surface area contributed by atoms with Crippen molar-refractivity contribution >= 4 is 22.5 Å². The Kier molecular flexibility index (Phi) is 5.76. The summed E-state index contributed by atoms with van der Waals surface area (Å²) in [6.45, 7) is 1.76. The summed E-state index contributed by atoms with van der Waals surface area (Å²) in [6.07, 6.45) is 1.23. The average molecular weight is 415 g/mol. The van der Waals surface area contributed by atoms with Gasteiger partial charge in [0.1, 0.15) is 17.1 Å². The Hall–Kier alpha value is -3.60. The number of fused-ring (bicyclic) bond motifs is 1. The third-order valence-corrected chi connectivity index (χ3v) is 5.89. The van der Waals surface area contributed by atoms with E-state index in [4.69, 9.17) is 4.74 Å². The first-order chi connectivity index (χ1) is 15.0. The second-order valence-electron chi connectivity index (χ2n) is 7.87. The van der Waals surface area contributed by atoms with Gasteiger partial charge in [0.25, 0.3) is 5.91 Å². The molecule has 0 saturated carbocycles. The third-order valence-electron chi connectivity index (χ3n) is 5.89. The molecule has 3 aromatic carbocycles. The molecule has 1 heterocycles. The van der Waals surface area contributed by atoms with Crippen LogP contribution in [0.4, 0.5) is 0 Å². The van der Waals surface area contributed by atoms with E-state index in [1.54, 1.807) is 14.0 Å². The first-order valence-electron chi connectivity index (χ1n) is 10.4. The van der Waals surface area contributed by atoms with Crippen LogP contribution in [0.1, 0.15) is 30.4 Å². The Morgan fingerprint density at radius 3 is 2.52 bits per heavy atom. The molecule has 2 atom stereocenters. The zero-order valence-electron chi connectivity index (χ0n) is 17.6. The van der Waals surface area contributed by atoms with E-state index >= 15 is 0 Å². The van der Waals surface area contributed by atoms with Crippen molar-refractivity contribution in [3.63, 3.8) is 0 Å². The van der Waals surface area contributed by atoms with Gasteiger partial charge in [-0.25, -0.2) is 0 Å². The van der Waals surface area contributed by atoms with Crippen LogP contribution in [-0.4, -0.2) is 29.9 Å². The maximum atomic E-state index is 13.1. The number of aryl methyl sites for hydroxylation is 1. The molecule has 31 heavy (non-hydrogen) atoms. The maximum Gasteiger partial charge on any atom is 0.259 e. The number of benzene rings is 3. The molecule has 2 N–H and O–H groups in total. The molecule has 0 bridgehead atoms. The van der Waals surface area contributed by atoms with E-state index < -0.39 is 17.9 Å². The summed E-state index contributed by atoms with van der Waals surface area (Å²) >= 11 is 0. The third kappa shape index (κ3) is 4.17. The average Bonchev–Trinajstić information content (AvgIpc) is 3.09. The number of ketones is 1. The van der Waals surface area contributed by atoms with Crippen molar-refractivity contribution in [1.29, 1.82) is 0 Å². The summed E-state index contributed by atoms with van der Waals surface area (Å²) in [5, 5.41) is 15.4. The molecule has 1 amide bonds. The van der Waals surface area contributed by atoms with Crippen molar-refractivity contribution in [3.05, 3.63) is 89.2 Å². The molecule has 1 aliphatic heterocycles. The second kappa shape index (κ2) is 8.64. The Balaban J connectivity index is 1.53. The molecule has 5 heteroatoms. The van der Waals surface area contributed by atoms with Crippen LogP contribution in [0.15, 0.2) is 78.1 Å². The number of aliphatic hydroxyl groups is 1. The van der Waals surface area contributed by atoms with Gasteiger partial charge in [0.15, 0.2) is 5.78 Å². The van der Waals surface area contributed by atoms with Crippen molar-refractivity contribution in [1.82, 2.24) is 5.32 Å². The molecule has 1 unspecified atom stereocenters. The number of carbonyl (C=O) groups is 2. The van der Waals surface area contributed by atoms with Crippen molar-refractivity contribution in [2.24, 2.45) is 0 Å². The number of rotatable bonds is 7. The highest BCUT2D eigenvalue weighted by Gasteiger charge is 2.37. The SMILES string of the molecule is COc1ccc2cc(C(C)C(=O)C3=C(O)[C@H](CCc4ccccc4)NC3=O)ccc2c1. The molecule has 3 aromatic rings. The molecule has 0 spiro atoms. The summed E-state index contributed by atoms with van der Waals surface area (Å²) in [5.74, 6) is -0.808. The van der Waals surface area contributed by atoms with Crippen molar-refractivity contribution in [2.45, 2.75) is 31.7 Å². The van der Waals surface area contributed by atoms with Gasteiger partial charge in [-0.05, 0) is 46.9 Å². The summed E-state index contributed by atoms with van der Waals surface area (Å²) < 4.78 is 5.25. The summed E-state index contributed by atoms with van der Waals surface area (Å²) in [6, 6.07) is 20.8. The van der Waals surface area contributed by atoms with Crippen LogP contribution >= 0.6 is 0 Å². The molecule has 5 nitrogen and oxygen atoms in total. The molecule has 0 radical (unpaired) electrons. The van der Waals surface area contributed by atoms with Gasteiger partial charge >= 0.3 is 0 Å². The summed E-state index contributed by atoms with van der Waals surface area (Å²) in [5.41, 5.74) is 1.79. The van der Waals surface area contributed by atoms with Crippen LogP contribution in [0.5, 0.6) is 5.75 Å². The van der Waals surface area contributed by atoms with Crippen LogP contribution in [0.3, 0.4) is 0 Å². The van der Waals surface area contributed by atoms with E-state index in [1.807, 2.05) is 66.7 Å². The van der Waals surface area contributed by atoms with Gasteiger partial charge in [-0.3, -0.25) is 9.59 Å². The first kappa shape index (κ1) is 20.7. The van der Waals surface area contributed by atoms with E-state index in [2.05, 4.69) is 5.32 Å². The summed E-state index contributed by atoms with van der Waals surface area (Å²) in [4.78, 5) is 25.6. The normalized spacial score (nSPS) is 17.0. The number of carbonyl (C=O) groups excluding carboxylic acids is 2. The Bertz CT molecular complexity index is 1170. The predicted octanol–water partition coefficient (Wildman–Crippen LogP) is 4.46. The lowest BCUT2D eigenvalue weighted by atomic mass is 9.90. The maximum absolute atomic E-state index is 13.1. The number of amides is 1. The van der Waals surface area contributed by atoms with E-state index in [9.17, 15) is 14.7 Å². The topological polar surface area (TPSA) is 75.6 Å². The molecule has 158 valence electrons. The van der Waals surface area contributed by atoms with Gasteiger partial charge in [-0.2, -0.15) is 0 Å². The second-order valence-corrected chi connectivity index (χ2v) is 7.87. The monoisotopic (exact) mass is 415 g/mol. The highest BCUT2D eigenvalue weighted by molar-refractivity contribution is 6.23. The molecule has 1 aliphatic rings. The molecule has 0 saturated heterocycles. The number of Topliss-reactive ketones (excluding diaryl/α,β-unsaturated/α-hetero) is 1. The summed E-state index contributed by atoms with van der Waals surface area (Å²) in [7, 11) is 1.62. The van der Waals surface area contributed by atoms with Gasteiger partial charge < -0.3 is 15.2 Å². The van der Waals surface area contributed by atoms with Crippen LogP contribution in [-0.2, 0) is 16.0 Å². The quantitative estimate of drug-likeness (QED) is 0.559. The minimum absolute atomic E-state index is 0.125. The van der Waals surface area contributed by atoms with Gasteiger partial charge in [0.05, 0.1) is 13.2 Å².